The van der Waals surface area contributed by atoms with Gasteiger partial charge < -0.3 is 10.2 Å². The van der Waals surface area contributed by atoms with Crippen LogP contribution in [-0.2, 0) is 14.5 Å². The Hall–Kier alpha value is -0.620. The van der Waals surface area contributed by atoms with Crippen molar-refractivity contribution in [3.63, 3.8) is 0 Å². The van der Waals surface area contributed by atoms with Gasteiger partial charge >= 0.3 is 5.97 Å². The fourth-order valence-corrected chi connectivity index (χ4v) is 3.72. The van der Waals surface area contributed by atoms with E-state index in [0.29, 0.717) is 6.42 Å². The predicted molar refractivity (Wildman–Crippen MR) is 70.0 cm³/mol. The van der Waals surface area contributed by atoms with E-state index in [9.17, 15) is 14.1 Å². The van der Waals surface area contributed by atoms with E-state index in [2.05, 4.69) is 0 Å². The first kappa shape index (κ1) is 15.4. The van der Waals surface area contributed by atoms with E-state index in [4.69, 9.17) is 9.89 Å². The molecule has 1 aliphatic rings. The van der Waals surface area contributed by atoms with Crippen molar-refractivity contribution < 1.29 is 19.2 Å². The average molecular weight is 277 g/mol. The molecule has 0 aliphatic heterocycles. The molecule has 0 bridgehead atoms. The van der Waals surface area contributed by atoms with E-state index >= 15 is 0 Å². The molecule has 0 saturated heterocycles. The fraction of sp³-hybridized carbons (Fsp3) is 0.917. The highest BCUT2D eigenvalue weighted by molar-refractivity contribution is 7.92. The number of rotatable bonds is 8. The molecule has 0 aromatic heterocycles. The quantitative estimate of drug-likeness (QED) is 0.630. The third-order valence-electron chi connectivity index (χ3n) is 3.79. The molecule has 0 radical (unpaired) electrons. The summed E-state index contributed by atoms with van der Waals surface area (Å²) in [6, 6.07) is 0. The van der Waals surface area contributed by atoms with Crippen molar-refractivity contribution in [2.24, 2.45) is 5.92 Å². The van der Waals surface area contributed by atoms with E-state index in [1.165, 1.54) is 0 Å². The lowest BCUT2D eigenvalue weighted by molar-refractivity contribution is -0.137. The lowest BCUT2D eigenvalue weighted by Gasteiger charge is -2.39. The van der Waals surface area contributed by atoms with E-state index in [0.717, 1.165) is 19.3 Å². The maximum atomic E-state index is 11.9. The zero-order valence-corrected chi connectivity index (χ0v) is 11.7. The summed E-state index contributed by atoms with van der Waals surface area (Å²) in [4.78, 5) is 10.3. The third kappa shape index (κ3) is 4.94. The summed E-state index contributed by atoms with van der Waals surface area (Å²) in [5.74, 6) is -0.380. The Morgan fingerprint density at radius 2 is 2.06 bits per heavy atom. The molecule has 2 atom stereocenters. The molecule has 0 aromatic rings. The first-order chi connectivity index (χ1) is 8.23. The van der Waals surface area contributed by atoms with Gasteiger partial charge in [-0.05, 0) is 38.5 Å². The van der Waals surface area contributed by atoms with E-state index < -0.39 is 21.3 Å². The fourth-order valence-electron chi connectivity index (χ4n) is 2.16. The van der Waals surface area contributed by atoms with Crippen LogP contribution in [0.5, 0.6) is 0 Å². The van der Waals surface area contributed by atoms with E-state index in [1.54, 1.807) is 6.92 Å². The number of carboxylic acids is 1. The van der Waals surface area contributed by atoms with Gasteiger partial charge in [-0.25, -0.2) is 4.21 Å². The second-order valence-electron chi connectivity index (χ2n) is 5.45. The number of carbonyl (C=O) groups is 1. The Morgan fingerprint density at radius 1 is 1.44 bits per heavy atom. The Bertz CT molecular complexity index is 385. The molecule has 2 unspecified atom stereocenters. The molecule has 106 valence electrons. The summed E-state index contributed by atoms with van der Waals surface area (Å²) < 4.78 is 19.6. The average Bonchev–Trinajstić information content (AvgIpc) is 2.10. The first-order valence-corrected chi connectivity index (χ1v) is 8.31. The molecule has 6 heteroatoms. The number of carboxylic acid groups (broad SMARTS) is 1. The second kappa shape index (κ2) is 6.02. The minimum atomic E-state index is -2.75. The van der Waals surface area contributed by atoms with Gasteiger partial charge in [0, 0.05) is 27.7 Å². The number of hydrogen-bond acceptors (Lipinski definition) is 4. The molecular formula is C12H23NO4S. The molecule has 1 saturated carbocycles. The SMILES string of the molecule is CC(O)(CCS(=N)(=O)CCCC(=O)O)C1CCC1. The zero-order chi connectivity index (χ0) is 13.8. The van der Waals surface area contributed by atoms with Gasteiger partial charge in [-0.3, -0.25) is 9.57 Å². The lowest BCUT2D eigenvalue weighted by atomic mass is 9.73. The van der Waals surface area contributed by atoms with Crippen LogP contribution in [-0.4, -0.2) is 37.5 Å². The van der Waals surface area contributed by atoms with Crippen molar-refractivity contribution in [1.82, 2.24) is 0 Å². The minimum Gasteiger partial charge on any atom is -0.481 e. The van der Waals surface area contributed by atoms with Crippen LogP contribution in [0.2, 0.25) is 0 Å². The van der Waals surface area contributed by atoms with Gasteiger partial charge in [0.1, 0.15) is 0 Å². The van der Waals surface area contributed by atoms with Crippen molar-refractivity contribution in [2.75, 3.05) is 11.5 Å². The van der Waals surface area contributed by atoms with Crippen LogP contribution in [0.15, 0.2) is 0 Å². The highest BCUT2D eigenvalue weighted by Crippen LogP contribution is 2.38. The molecule has 1 aliphatic carbocycles. The van der Waals surface area contributed by atoms with Crippen molar-refractivity contribution in [2.45, 2.75) is 51.0 Å². The summed E-state index contributed by atoms with van der Waals surface area (Å²) >= 11 is 0. The lowest BCUT2D eigenvalue weighted by Crippen LogP contribution is -2.40. The van der Waals surface area contributed by atoms with Crippen LogP contribution in [0.25, 0.3) is 0 Å². The van der Waals surface area contributed by atoms with E-state index in [1.807, 2.05) is 0 Å². The normalized spacial score (nSPS) is 22.8. The van der Waals surface area contributed by atoms with Crippen molar-refractivity contribution >= 4 is 15.7 Å². The largest absolute Gasteiger partial charge is 0.481 e. The maximum Gasteiger partial charge on any atom is 0.303 e. The summed E-state index contributed by atoms with van der Waals surface area (Å²) in [6.07, 6.45) is 3.73. The Balaban J connectivity index is 2.34. The van der Waals surface area contributed by atoms with Gasteiger partial charge in [0.15, 0.2) is 0 Å². The number of nitrogens with one attached hydrogen (secondary N) is 1. The number of aliphatic carboxylic acids is 1. The van der Waals surface area contributed by atoms with Crippen LogP contribution in [0, 0.1) is 10.7 Å². The standard InChI is InChI=1S/C12H23NO4S/c1-12(16,10-4-2-5-10)7-9-18(13,17)8-3-6-11(14)15/h10,13,16H,2-9H2,1H3,(H,14,15). The summed E-state index contributed by atoms with van der Waals surface area (Å²) in [6.45, 7) is 1.75. The van der Waals surface area contributed by atoms with Crippen LogP contribution in [0.3, 0.4) is 0 Å². The molecule has 1 rings (SSSR count). The number of hydrogen-bond donors (Lipinski definition) is 3. The van der Waals surface area contributed by atoms with Crippen LogP contribution >= 0.6 is 0 Å². The highest BCUT2D eigenvalue weighted by atomic mass is 32.2. The number of aliphatic hydroxyl groups is 1. The predicted octanol–water partition coefficient (Wildman–Crippen LogP) is 1.84. The van der Waals surface area contributed by atoms with Gasteiger partial charge in [-0.2, -0.15) is 0 Å². The summed E-state index contributed by atoms with van der Waals surface area (Å²) in [5, 5.41) is 18.7. The Labute approximate surface area is 109 Å². The molecular weight excluding hydrogens is 254 g/mol. The third-order valence-corrected chi connectivity index (χ3v) is 5.60. The smallest absolute Gasteiger partial charge is 0.303 e. The zero-order valence-electron chi connectivity index (χ0n) is 10.9. The molecule has 3 N–H and O–H groups in total. The molecule has 0 heterocycles. The minimum absolute atomic E-state index is 0.0467. The van der Waals surface area contributed by atoms with Crippen molar-refractivity contribution in [3.05, 3.63) is 0 Å². The van der Waals surface area contributed by atoms with Crippen LogP contribution < -0.4 is 0 Å². The summed E-state index contributed by atoms with van der Waals surface area (Å²) in [7, 11) is -2.75. The maximum absolute atomic E-state index is 11.9. The molecule has 0 spiro atoms. The van der Waals surface area contributed by atoms with E-state index in [-0.39, 0.29) is 30.3 Å². The first-order valence-electron chi connectivity index (χ1n) is 6.41. The van der Waals surface area contributed by atoms with Gasteiger partial charge in [0.2, 0.25) is 0 Å². The van der Waals surface area contributed by atoms with Crippen LogP contribution in [0.4, 0.5) is 0 Å². The van der Waals surface area contributed by atoms with Crippen molar-refractivity contribution in [3.8, 4) is 0 Å². The van der Waals surface area contributed by atoms with Gasteiger partial charge in [0.25, 0.3) is 0 Å². The molecule has 0 aromatic carbocycles. The molecule has 5 nitrogen and oxygen atoms in total. The molecule has 18 heavy (non-hydrogen) atoms. The molecule has 1 fully saturated rings. The Morgan fingerprint density at radius 3 is 2.50 bits per heavy atom. The second-order valence-corrected chi connectivity index (χ2v) is 7.89. The van der Waals surface area contributed by atoms with Crippen molar-refractivity contribution in [1.29, 1.82) is 4.78 Å². The topological polar surface area (TPSA) is 98.5 Å². The van der Waals surface area contributed by atoms with Crippen LogP contribution in [0.1, 0.15) is 45.4 Å². The van der Waals surface area contributed by atoms with Gasteiger partial charge in [0.05, 0.1) is 5.60 Å². The summed E-state index contributed by atoms with van der Waals surface area (Å²) in [5.41, 5.74) is -0.825. The monoisotopic (exact) mass is 277 g/mol. The molecule has 0 amide bonds. The van der Waals surface area contributed by atoms with Gasteiger partial charge in [-0.15, -0.1) is 0 Å². The highest BCUT2D eigenvalue weighted by Gasteiger charge is 2.36. The Kier molecular flexibility index (Phi) is 5.16. The van der Waals surface area contributed by atoms with Gasteiger partial charge in [-0.1, -0.05) is 6.42 Å².